The number of nitrogens with zero attached hydrogens (tertiary/aromatic N) is 3. The van der Waals surface area contributed by atoms with Crippen LogP contribution in [0.3, 0.4) is 0 Å². The Hall–Kier alpha value is -3.17. The molecule has 1 N–H and O–H groups in total. The van der Waals surface area contributed by atoms with Crippen LogP contribution in [0.4, 0.5) is 0 Å². The predicted molar refractivity (Wildman–Crippen MR) is 176 cm³/mol. The number of esters is 2. The van der Waals surface area contributed by atoms with Crippen LogP contribution >= 0.6 is 0 Å². The molecular weight excluding hydrogens is 658 g/mol. The fourth-order valence-corrected chi connectivity index (χ4v) is 8.10. The lowest BCUT2D eigenvalue weighted by Gasteiger charge is -2.51. The van der Waals surface area contributed by atoms with E-state index < -0.39 is 81.4 Å². The van der Waals surface area contributed by atoms with E-state index >= 15 is 0 Å². The number of benzene rings is 1. The molecule has 2 aliphatic rings. The van der Waals surface area contributed by atoms with Gasteiger partial charge in [0.1, 0.15) is 24.9 Å². The van der Waals surface area contributed by atoms with E-state index in [-0.39, 0.29) is 24.4 Å². The number of hydrogen-bond acceptors (Lipinski definition) is 13. The molecule has 10 atom stereocenters. The minimum Gasteiger partial charge on any atom is -0.463 e. The molecule has 0 aliphatic carbocycles. The summed E-state index contributed by atoms with van der Waals surface area (Å²) in [6, 6.07) is 8.57. The highest BCUT2D eigenvalue weighted by Crippen LogP contribution is 2.46. The second kappa shape index (κ2) is 18.7. The number of rotatable bonds is 13. The molecule has 0 radical (unpaired) electrons. The molecule has 15 nitrogen and oxygen atoms in total. The van der Waals surface area contributed by atoms with Gasteiger partial charge in [-0.25, -0.2) is 0 Å². The van der Waals surface area contributed by atoms with Gasteiger partial charge in [-0.15, -0.1) is 0 Å². The Kier molecular flexibility index (Phi) is 16.0. The van der Waals surface area contributed by atoms with Gasteiger partial charge in [0.25, 0.3) is 0 Å². The summed E-state index contributed by atoms with van der Waals surface area (Å²) in [5.41, 5.74) is 10.4. The highest BCUT2D eigenvalue weighted by Gasteiger charge is 2.54. The maximum Gasteiger partial charge on any atom is 0.373 e. The van der Waals surface area contributed by atoms with E-state index in [1.54, 1.807) is 6.92 Å². The van der Waals surface area contributed by atoms with Crippen LogP contribution in [-0.4, -0.2) is 93.4 Å². The molecule has 16 heteroatoms. The van der Waals surface area contributed by atoms with Crippen LogP contribution in [0.1, 0.15) is 61.0 Å². The highest BCUT2D eigenvalue weighted by molar-refractivity contribution is 6.74. The molecule has 49 heavy (non-hydrogen) atoms. The monoisotopic (exact) mass is 709 g/mol. The van der Waals surface area contributed by atoms with Crippen molar-refractivity contribution in [2.75, 3.05) is 6.61 Å². The number of aliphatic hydroxyl groups excluding tert-OH is 1. The van der Waals surface area contributed by atoms with Crippen LogP contribution in [0, 0.1) is 11.8 Å². The third kappa shape index (κ3) is 11.2. The van der Waals surface area contributed by atoms with Gasteiger partial charge >= 0.3 is 18.1 Å². The second-order valence-electron chi connectivity index (χ2n) is 13.6. The van der Waals surface area contributed by atoms with Crippen LogP contribution in [0.25, 0.3) is 10.4 Å². The van der Waals surface area contributed by atoms with Crippen molar-refractivity contribution >= 4 is 26.4 Å². The molecule has 0 saturated carbocycles. The van der Waals surface area contributed by atoms with E-state index in [9.17, 15) is 20.2 Å². The quantitative estimate of drug-likeness (QED) is 0.0976. The lowest BCUT2D eigenvalue weighted by molar-refractivity contribution is -0.339. The van der Waals surface area contributed by atoms with E-state index in [2.05, 4.69) is 50.8 Å². The summed E-state index contributed by atoms with van der Waals surface area (Å²) in [5.74, 6) is -1.37. The first-order chi connectivity index (χ1) is 22.9. The van der Waals surface area contributed by atoms with Crippen LogP contribution in [-0.2, 0) is 58.6 Å². The number of aliphatic hydroxyl groups is 1. The molecule has 4 unspecified atom stereocenters. The van der Waals surface area contributed by atoms with E-state index in [4.69, 9.17) is 42.4 Å². The number of carbonyl (C=O) groups excluding carboxylic acids is 4. The maximum absolute atomic E-state index is 12.3. The minimum absolute atomic E-state index is 0.141. The molecule has 274 valence electrons. The SMILES string of the molecule is CC(=O)OCC1O[C@@H](O[Si](C)(C)C(C)(C)C(C)C)C(N=[N+]=[N-])[C@@H](C)[C@@H]1O[C@@H]1OC(C)[C@@H](O)C(OCc2ccccc2)[C@@H]1OC(C)=O.O=C=O. The van der Waals surface area contributed by atoms with Gasteiger partial charge in [-0.05, 0) is 48.0 Å². The highest BCUT2D eigenvalue weighted by atomic mass is 28.4. The first-order valence-corrected chi connectivity index (χ1v) is 19.1. The first-order valence-electron chi connectivity index (χ1n) is 16.2. The normalized spacial score (nSPS) is 30.2. The summed E-state index contributed by atoms with van der Waals surface area (Å²) in [6.07, 6.45) is -7.73. The molecular formula is C33H51N3O12Si. The average molecular weight is 710 g/mol. The molecule has 1 aromatic carbocycles. The second-order valence-corrected chi connectivity index (χ2v) is 18.2. The van der Waals surface area contributed by atoms with Gasteiger partial charge in [-0.3, -0.25) is 9.59 Å². The van der Waals surface area contributed by atoms with E-state index in [1.165, 1.54) is 13.8 Å². The Morgan fingerprint density at radius 2 is 1.65 bits per heavy atom. The molecule has 2 fully saturated rings. The lowest BCUT2D eigenvalue weighted by atomic mass is 9.89. The van der Waals surface area contributed by atoms with Gasteiger partial charge in [-0.2, -0.15) is 9.59 Å². The molecule has 0 aromatic heterocycles. The lowest BCUT2D eigenvalue weighted by Crippen LogP contribution is -2.64. The Morgan fingerprint density at radius 3 is 2.18 bits per heavy atom. The number of azide groups is 1. The van der Waals surface area contributed by atoms with Crippen LogP contribution in [0.2, 0.25) is 18.1 Å². The summed E-state index contributed by atoms with van der Waals surface area (Å²) in [6.45, 7) is 18.8. The summed E-state index contributed by atoms with van der Waals surface area (Å²) in [4.78, 5) is 43.5. The zero-order chi connectivity index (χ0) is 37.1. The van der Waals surface area contributed by atoms with Crippen LogP contribution < -0.4 is 0 Å². The van der Waals surface area contributed by atoms with Gasteiger partial charge < -0.3 is 38.0 Å². The fraction of sp³-hybridized carbons (Fsp3) is 0.727. The molecule has 1 aromatic rings. The minimum atomic E-state index is -2.50. The van der Waals surface area contributed by atoms with E-state index in [1.807, 2.05) is 37.3 Å². The number of carbonyl (C=O) groups is 2. The zero-order valence-corrected chi connectivity index (χ0v) is 30.9. The van der Waals surface area contributed by atoms with Gasteiger partial charge in [0.05, 0.1) is 24.9 Å². The topological polar surface area (TPSA) is 202 Å². The fourth-order valence-electron chi connectivity index (χ4n) is 5.63. The van der Waals surface area contributed by atoms with Crippen LogP contribution in [0.15, 0.2) is 35.4 Å². The molecule has 2 saturated heterocycles. The van der Waals surface area contributed by atoms with Crippen LogP contribution in [0.5, 0.6) is 0 Å². The molecule has 0 spiro atoms. The van der Waals surface area contributed by atoms with Crippen molar-refractivity contribution in [2.24, 2.45) is 17.0 Å². The van der Waals surface area contributed by atoms with Gasteiger partial charge in [-0.1, -0.05) is 70.1 Å². The van der Waals surface area contributed by atoms with Crippen molar-refractivity contribution < 1.29 is 57.1 Å². The smallest absolute Gasteiger partial charge is 0.373 e. The van der Waals surface area contributed by atoms with Gasteiger partial charge in [0, 0.05) is 18.8 Å². The van der Waals surface area contributed by atoms with E-state index in [0.29, 0.717) is 5.92 Å². The van der Waals surface area contributed by atoms with Crippen molar-refractivity contribution in [3.63, 3.8) is 0 Å². The Bertz CT molecular complexity index is 1300. The zero-order valence-electron chi connectivity index (χ0n) is 29.9. The Labute approximate surface area is 288 Å². The molecule has 2 aliphatic heterocycles. The van der Waals surface area contributed by atoms with Crippen molar-refractivity contribution in [1.82, 2.24) is 0 Å². The van der Waals surface area contributed by atoms with Crippen molar-refractivity contribution in [1.29, 1.82) is 0 Å². The number of ether oxygens (including phenoxy) is 6. The maximum atomic E-state index is 12.3. The molecule has 3 rings (SSSR count). The summed E-state index contributed by atoms with van der Waals surface area (Å²) < 4.78 is 42.9. The van der Waals surface area contributed by atoms with Crippen molar-refractivity contribution in [3.05, 3.63) is 46.3 Å². The standard InChI is InChI=1S/C32H51N3O10Si.CO2/c1-18(2)32(7,8)46(9,10)45-30-25(34-35-33)19(3)27(24(43-30)17-39-21(5)36)44-31-29(42-22(6)37)28(26(38)20(4)41-31)40-16-23-14-12-11-13-15-23;2-1-3/h11-15,18-20,24-31,38H,16-17H2,1-10H3;/t19-,20?,24?,25?,26-,27+,28?,29+,30+,31+;/m1./s1. The van der Waals surface area contributed by atoms with Gasteiger partial charge in [0.2, 0.25) is 0 Å². The third-order valence-corrected chi connectivity index (χ3v) is 14.2. The summed E-state index contributed by atoms with van der Waals surface area (Å²) >= 11 is 0. The first kappa shape index (κ1) is 42.0. The molecule has 0 bridgehead atoms. The van der Waals surface area contributed by atoms with Crippen molar-refractivity contribution in [2.45, 2.75) is 135 Å². The summed E-state index contributed by atoms with van der Waals surface area (Å²) in [5, 5.41) is 15.0. The van der Waals surface area contributed by atoms with Crippen molar-refractivity contribution in [3.8, 4) is 0 Å². The van der Waals surface area contributed by atoms with Gasteiger partial charge in [0.15, 0.2) is 27.0 Å². The molecule has 2 heterocycles. The third-order valence-electron chi connectivity index (χ3n) is 9.69. The Balaban J connectivity index is 0.00000267. The average Bonchev–Trinajstić information content (AvgIpc) is 3.02. The largest absolute Gasteiger partial charge is 0.463 e. The summed E-state index contributed by atoms with van der Waals surface area (Å²) in [7, 11) is -2.50. The number of hydrogen-bond donors (Lipinski definition) is 1. The Morgan fingerprint density at radius 1 is 1.04 bits per heavy atom. The van der Waals surface area contributed by atoms with E-state index in [0.717, 1.165) is 5.56 Å². The predicted octanol–water partition coefficient (Wildman–Crippen LogP) is 4.67. The molecule has 0 amide bonds.